The lowest BCUT2D eigenvalue weighted by Crippen LogP contribution is -2.22. The van der Waals surface area contributed by atoms with E-state index in [4.69, 9.17) is 0 Å². The lowest BCUT2D eigenvalue weighted by molar-refractivity contribution is 0.292. The second-order valence-corrected chi connectivity index (χ2v) is 3.73. The zero-order valence-electron chi connectivity index (χ0n) is 8.13. The number of hydrogen-bond donors (Lipinski definition) is 0. The number of nitrogens with zero attached hydrogens (tertiary/aromatic N) is 2. The molecule has 72 valence electrons. The summed E-state index contributed by atoms with van der Waals surface area (Å²) in [7, 11) is 0. The SMILES string of the molecule is CCN(CC)Cc1cccc(Br)n1. The van der Waals surface area contributed by atoms with Crippen molar-refractivity contribution in [2.45, 2.75) is 20.4 Å². The van der Waals surface area contributed by atoms with Crippen LogP contribution in [0.4, 0.5) is 0 Å². The van der Waals surface area contributed by atoms with Gasteiger partial charge in [0.05, 0.1) is 5.69 Å². The molecule has 0 spiro atoms. The summed E-state index contributed by atoms with van der Waals surface area (Å²) in [5.74, 6) is 0. The van der Waals surface area contributed by atoms with Crippen molar-refractivity contribution in [1.29, 1.82) is 0 Å². The Morgan fingerprint density at radius 3 is 2.54 bits per heavy atom. The Hall–Kier alpha value is -0.410. The maximum absolute atomic E-state index is 4.38. The zero-order chi connectivity index (χ0) is 9.68. The molecule has 13 heavy (non-hydrogen) atoms. The summed E-state index contributed by atoms with van der Waals surface area (Å²) in [5.41, 5.74) is 1.12. The monoisotopic (exact) mass is 242 g/mol. The molecule has 0 unspecified atom stereocenters. The zero-order valence-corrected chi connectivity index (χ0v) is 9.71. The van der Waals surface area contributed by atoms with Crippen LogP contribution in [0.15, 0.2) is 22.8 Å². The van der Waals surface area contributed by atoms with Gasteiger partial charge in [0.1, 0.15) is 4.60 Å². The van der Waals surface area contributed by atoms with Crippen molar-refractivity contribution in [1.82, 2.24) is 9.88 Å². The predicted molar refractivity (Wildman–Crippen MR) is 58.6 cm³/mol. The minimum absolute atomic E-state index is 0.914. The molecular formula is C10H15BrN2. The Balaban J connectivity index is 2.62. The summed E-state index contributed by atoms with van der Waals surface area (Å²) in [5, 5.41) is 0. The van der Waals surface area contributed by atoms with Gasteiger partial charge in [0.2, 0.25) is 0 Å². The van der Waals surface area contributed by atoms with Gasteiger partial charge in [-0.15, -0.1) is 0 Å². The first-order chi connectivity index (χ1) is 6.26. The van der Waals surface area contributed by atoms with Crippen LogP contribution in [0.2, 0.25) is 0 Å². The Bertz CT molecular complexity index is 259. The summed E-state index contributed by atoms with van der Waals surface area (Å²) >= 11 is 3.37. The topological polar surface area (TPSA) is 16.1 Å². The first-order valence-electron chi connectivity index (χ1n) is 4.60. The van der Waals surface area contributed by atoms with E-state index in [1.54, 1.807) is 0 Å². The fraction of sp³-hybridized carbons (Fsp3) is 0.500. The average Bonchev–Trinajstić information content (AvgIpc) is 2.14. The molecule has 0 saturated heterocycles. The van der Waals surface area contributed by atoms with Crippen LogP contribution in [0.1, 0.15) is 19.5 Å². The van der Waals surface area contributed by atoms with Crippen LogP contribution in [-0.2, 0) is 6.54 Å². The molecule has 0 aliphatic heterocycles. The van der Waals surface area contributed by atoms with E-state index in [0.717, 1.165) is 29.9 Å². The first kappa shape index (κ1) is 10.7. The molecular weight excluding hydrogens is 228 g/mol. The molecule has 0 N–H and O–H groups in total. The molecule has 2 nitrogen and oxygen atoms in total. The molecule has 1 rings (SSSR count). The van der Waals surface area contributed by atoms with Crippen LogP contribution in [0.3, 0.4) is 0 Å². The van der Waals surface area contributed by atoms with Crippen LogP contribution in [0.5, 0.6) is 0 Å². The molecule has 1 aromatic heterocycles. The van der Waals surface area contributed by atoms with Gasteiger partial charge in [0.25, 0.3) is 0 Å². The van der Waals surface area contributed by atoms with E-state index in [1.807, 2.05) is 12.1 Å². The molecule has 0 atom stereocenters. The molecule has 0 aromatic carbocycles. The van der Waals surface area contributed by atoms with E-state index in [2.05, 4.69) is 45.7 Å². The van der Waals surface area contributed by atoms with E-state index < -0.39 is 0 Å². The van der Waals surface area contributed by atoms with E-state index in [1.165, 1.54) is 0 Å². The fourth-order valence-electron chi connectivity index (χ4n) is 1.21. The van der Waals surface area contributed by atoms with Gasteiger partial charge >= 0.3 is 0 Å². The van der Waals surface area contributed by atoms with Gasteiger partial charge in [-0.25, -0.2) is 4.98 Å². The van der Waals surface area contributed by atoms with Crippen molar-refractivity contribution >= 4 is 15.9 Å². The number of aromatic nitrogens is 1. The Labute approximate surface area is 88.1 Å². The third-order valence-electron chi connectivity index (χ3n) is 2.05. The van der Waals surface area contributed by atoms with Crippen molar-refractivity contribution in [3.8, 4) is 0 Å². The summed E-state index contributed by atoms with van der Waals surface area (Å²) < 4.78 is 0.914. The maximum atomic E-state index is 4.38. The second kappa shape index (κ2) is 5.35. The lowest BCUT2D eigenvalue weighted by atomic mass is 10.3. The smallest absolute Gasteiger partial charge is 0.106 e. The number of pyridine rings is 1. The highest BCUT2D eigenvalue weighted by Crippen LogP contribution is 2.08. The van der Waals surface area contributed by atoms with Crippen LogP contribution >= 0.6 is 15.9 Å². The normalized spacial score (nSPS) is 10.8. The van der Waals surface area contributed by atoms with Crippen LogP contribution in [0, 0.1) is 0 Å². The molecule has 1 heterocycles. The minimum Gasteiger partial charge on any atom is -0.298 e. The third-order valence-corrected chi connectivity index (χ3v) is 2.49. The minimum atomic E-state index is 0.914. The molecule has 0 radical (unpaired) electrons. The molecule has 3 heteroatoms. The summed E-state index contributed by atoms with van der Waals surface area (Å²) in [4.78, 5) is 6.73. The van der Waals surface area contributed by atoms with E-state index in [0.29, 0.717) is 0 Å². The Morgan fingerprint density at radius 1 is 1.31 bits per heavy atom. The highest BCUT2D eigenvalue weighted by molar-refractivity contribution is 9.10. The number of rotatable bonds is 4. The fourth-order valence-corrected chi connectivity index (χ4v) is 1.60. The highest BCUT2D eigenvalue weighted by Gasteiger charge is 2.01. The first-order valence-corrected chi connectivity index (χ1v) is 5.39. The quantitative estimate of drug-likeness (QED) is 0.756. The lowest BCUT2D eigenvalue weighted by Gasteiger charge is -2.17. The highest BCUT2D eigenvalue weighted by atomic mass is 79.9. The van der Waals surface area contributed by atoms with E-state index in [-0.39, 0.29) is 0 Å². The van der Waals surface area contributed by atoms with Gasteiger partial charge in [0, 0.05) is 6.54 Å². The van der Waals surface area contributed by atoms with Gasteiger partial charge in [-0.2, -0.15) is 0 Å². The number of halogens is 1. The molecule has 0 amide bonds. The van der Waals surface area contributed by atoms with Crippen molar-refractivity contribution < 1.29 is 0 Å². The third kappa shape index (κ3) is 3.44. The largest absolute Gasteiger partial charge is 0.298 e. The van der Waals surface area contributed by atoms with Crippen molar-refractivity contribution in [3.63, 3.8) is 0 Å². The predicted octanol–water partition coefficient (Wildman–Crippen LogP) is 2.69. The average molecular weight is 243 g/mol. The number of hydrogen-bond acceptors (Lipinski definition) is 2. The summed E-state index contributed by atoms with van der Waals surface area (Å²) in [6, 6.07) is 6.03. The molecule has 0 aliphatic carbocycles. The van der Waals surface area contributed by atoms with Crippen molar-refractivity contribution in [2.75, 3.05) is 13.1 Å². The standard InChI is InChI=1S/C10H15BrN2/c1-3-13(4-2)8-9-6-5-7-10(11)12-9/h5-7H,3-4,8H2,1-2H3. The van der Waals surface area contributed by atoms with Gasteiger partial charge in [0.15, 0.2) is 0 Å². The molecule has 0 aliphatic rings. The van der Waals surface area contributed by atoms with Crippen LogP contribution in [0.25, 0.3) is 0 Å². The van der Waals surface area contributed by atoms with E-state index >= 15 is 0 Å². The van der Waals surface area contributed by atoms with Gasteiger partial charge in [-0.05, 0) is 41.2 Å². The van der Waals surface area contributed by atoms with E-state index in [9.17, 15) is 0 Å². The van der Waals surface area contributed by atoms with Gasteiger partial charge in [-0.3, -0.25) is 4.90 Å². The van der Waals surface area contributed by atoms with Crippen LogP contribution in [-0.4, -0.2) is 23.0 Å². The van der Waals surface area contributed by atoms with Gasteiger partial charge in [-0.1, -0.05) is 19.9 Å². The molecule has 0 fully saturated rings. The molecule has 1 aromatic rings. The van der Waals surface area contributed by atoms with Crippen molar-refractivity contribution in [3.05, 3.63) is 28.5 Å². The Morgan fingerprint density at radius 2 is 2.00 bits per heavy atom. The molecule has 0 saturated carbocycles. The van der Waals surface area contributed by atoms with Crippen molar-refractivity contribution in [2.24, 2.45) is 0 Å². The maximum Gasteiger partial charge on any atom is 0.106 e. The summed E-state index contributed by atoms with van der Waals surface area (Å²) in [6.07, 6.45) is 0. The van der Waals surface area contributed by atoms with Crippen LogP contribution < -0.4 is 0 Å². The summed E-state index contributed by atoms with van der Waals surface area (Å²) in [6.45, 7) is 7.42. The Kier molecular flexibility index (Phi) is 4.39. The second-order valence-electron chi connectivity index (χ2n) is 2.91. The molecule has 0 bridgehead atoms. The van der Waals surface area contributed by atoms with Gasteiger partial charge < -0.3 is 0 Å².